The van der Waals surface area contributed by atoms with Gasteiger partial charge >= 0.3 is 11.8 Å². The standard InChI is InChI=1S/C19H19N3O3/c1-12-7-8-16(17(9-12)25-2)22-19(24)18(23)20-11-14-10-13-5-3-4-6-15(13)21-14/h3-10,21H,11H2,1-2H3,(H,20,23)(H,22,24). The molecule has 3 rings (SSSR count). The van der Waals surface area contributed by atoms with Gasteiger partial charge in [-0.1, -0.05) is 24.3 Å². The van der Waals surface area contributed by atoms with Gasteiger partial charge in [0.2, 0.25) is 0 Å². The zero-order valence-electron chi connectivity index (χ0n) is 14.1. The average Bonchev–Trinajstić information content (AvgIpc) is 3.04. The van der Waals surface area contributed by atoms with E-state index in [1.54, 1.807) is 12.1 Å². The highest BCUT2D eigenvalue weighted by molar-refractivity contribution is 6.39. The first-order valence-electron chi connectivity index (χ1n) is 7.87. The molecule has 25 heavy (non-hydrogen) atoms. The lowest BCUT2D eigenvalue weighted by molar-refractivity contribution is -0.136. The highest BCUT2D eigenvalue weighted by atomic mass is 16.5. The molecule has 3 aromatic rings. The summed E-state index contributed by atoms with van der Waals surface area (Å²) in [5.74, 6) is -0.934. The molecule has 0 aliphatic heterocycles. The van der Waals surface area contributed by atoms with Gasteiger partial charge in [-0.05, 0) is 42.1 Å². The van der Waals surface area contributed by atoms with Gasteiger partial charge < -0.3 is 20.4 Å². The summed E-state index contributed by atoms with van der Waals surface area (Å²) < 4.78 is 5.22. The number of nitrogens with one attached hydrogen (secondary N) is 3. The van der Waals surface area contributed by atoms with E-state index in [1.165, 1.54) is 7.11 Å². The Morgan fingerprint density at radius 3 is 2.64 bits per heavy atom. The number of benzene rings is 2. The molecule has 0 radical (unpaired) electrons. The maximum atomic E-state index is 12.1. The molecule has 0 aliphatic carbocycles. The van der Waals surface area contributed by atoms with Crippen molar-refractivity contribution in [3.63, 3.8) is 0 Å². The maximum Gasteiger partial charge on any atom is 0.313 e. The average molecular weight is 337 g/mol. The van der Waals surface area contributed by atoms with Gasteiger partial charge in [0.05, 0.1) is 19.3 Å². The van der Waals surface area contributed by atoms with Crippen molar-refractivity contribution in [2.45, 2.75) is 13.5 Å². The highest BCUT2D eigenvalue weighted by Gasteiger charge is 2.16. The summed E-state index contributed by atoms with van der Waals surface area (Å²) in [6.45, 7) is 2.16. The number of carbonyl (C=O) groups is 2. The molecule has 1 heterocycles. The highest BCUT2D eigenvalue weighted by Crippen LogP contribution is 2.25. The molecule has 0 atom stereocenters. The van der Waals surface area contributed by atoms with E-state index in [0.717, 1.165) is 22.2 Å². The van der Waals surface area contributed by atoms with Gasteiger partial charge in [-0.2, -0.15) is 0 Å². The Hall–Kier alpha value is -3.28. The van der Waals surface area contributed by atoms with E-state index in [1.807, 2.05) is 43.3 Å². The van der Waals surface area contributed by atoms with Crippen LogP contribution >= 0.6 is 0 Å². The minimum absolute atomic E-state index is 0.242. The summed E-state index contributed by atoms with van der Waals surface area (Å²) >= 11 is 0. The first kappa shape index (κ1) is 16.6. The number of aromatic amines is 1. The largest absolute Gasteiger partial charge is 0.495 e. The summed E-state index contributed by atoms with van der Waals surface area (Å²) in [5, 5.41) is 6.23. The molecule has 0 bridgehead atoms. The lowest BCUT2D eigenvalue weighted by atomic mass is 10.2. The van der Waals surface area contributed by atoms with Crippen molar-refractivity contribution in [1.82, 2.24) is 10.3 Å². The summed E-state index contributed by atoms with van der Waals surface area (Å²) in [5.41, 5.74) is 3.27. The molecule has 0 spiro atoms. The SMILES string of the molecule is COc1cc(C)ccc1NC(=O)C(=O)NCc1cc2ccccc2[nH]1. The first-order chi connectivity index (χ1) is 12.1. The summed E-state index contributed by atoms with van der Waals surface area (Å²) in [6.07, 6.45) is 0. The molecule has 6 heteroatoms. The number of ether oxygens (including phenoxy) is 1. The van der Waals surface area contributed by atoms with Gasteiger partial charge in [-0.3, -0.25) is 9.59 Å². The van der Waals surface area contributed by atoms with Crippen molar-refractivity contribution < 1.29 is 14.3 Å². The van der Waals surface area contributed by atoms with E-state index in [0.29, 0.717) is 11.4 Å². The Morgan fingerprint density at radius 2 is 1.88 bits per heavy atom. The molecule has 2 aromatic carbocycles. The fraction of sp³-hybridized carbons (Fsp3) is 0.158. The van der Waals surface area contributed by atoms with Crippen LogP contribution in [0.1, 0.15) is 11.3 Å². The zero-order valence-corrected chi connectivity index (χ0v) is 14.1. The quantitative estimate of drug-likeness (QED) is 0.640. The monoisotopic (exact) mass is 337 g/mol. The van der Waals surface area contributed by atoms with Crippen molar-refractivity contribution in [3.05, 3.63) is 59.8 Å². The number of amides is 2. The molecule has 128 valence electrons. The van der Waals surface area contributed by atoms with E-state index in [4.69, 9.17) is 4.74 Å². The van der Waals surface area contributed by atoms with E-state index in [2.05, 4.69) is 15.6 Å². The molecule has 2 amide bonds. The van der Waals surface area contributed by atoms with E-state index in [9.17, 15) is 9.59 Å². The van der Waals surface area contributed by atoms with Crippen LogP contribution in [0.15, 0.2) is 48.5 Å². The van der Waals surface area contributed by atoms with Gasteiger partial charge in [0, 0.05) is 11.2 Å². The van der Waals surface area contributed by atoms with E-state index < -0.39 is 11.8 Å². The topological polar surface area (TPSA) is 83.2 Å². The minimum atomic E-state index is -0.738. The Kier molecular flexibility index (Phi) is 4.70. The number of rotatable bonds is 4. The van der Waals surface area contributed by atoms with Gasteiger partial charge in [-0.25, -0.2) is 0 Å². The molecule has 0 fully saturated rings. The number of carbonyl (C=O) groups excluding carboxylic acids is 2. The Balaban J connectivity index is 1.62. The molecule has 3 N–H and O–H groups in total. The van der Waals surface area contributed by atoms with Gasteiger partial charge in [-0.15, -0.1) is 0 Å². The third-order valence-electron chi connectivity index (χ3n) is 3.84. The van der Waals surface area contributed by atoms with Crippen LogP contribution < -0.4 is 15.4 Å². The number of hydrogen-bond acceptors (Lipinski definition) is 3. The number of anilines is 1. The van der Waals surface area contributed by atoms with Crippen LogP contribution in [0.2, 0.25) is 0 Å². The fourth-order valence-corrected chi connectivity index (χ4v) is 2.57. The molecular formula is C19H19N3O3. The predicted molar refractivity (Wildman–Crippen MR) is 96.5 cm³/mol. The number of hydrogen-bond donors (Lipinski definition) is 3. The van der Waals surface area contributed by atoms with E-state index >= 15 is 0 Å². The number of para-hydroxylation sites is 1. The molecule has 0 aliphatic rings. The van der Waals surface area contributed by atoms with Crippen molar-refractivity contribution >= 4 is 28.4 Å². The smallest absolute Gasteiger partial charge is 0.313 e. The fourth-order valence-electron chi connectivity index (χ4n) is 2.57. The van der Waals surface area contributed by atoms with E-state index in [-0.39, 0.29) is 6.54 Å². The van der Waals surface area contributed by atoms with Crippen LogP contribution in [0.3, 0.4) is 0 Å². The van der Waals surface area contributed by atoms with Crippen molar-refractivity contribution in [2.75, 3.05) is 12.4 Å². The molecule has 6 nitrogen and oxygen atoms in total. The zero-order chi connectivity index (χ0) is 17.8. The van der Waals surface area contributed by atoms with Crippen LogP contribution in [0, 0.1) is 6.92 Å². The second kappa shape index (κ2) is 7.09. The second-order valence-electron chi connectivity index (χ2n) is 5.72. The number of aromatic nitrogens is 1. The Labute approximate surface area is 145 Å². The number of fused-ring (bicyclic) bond motifs is 1. The molecule has 0 unspecified atom stereocenters. The number of H-pyrrole nitrogens is 1. The number of aryl methyl sites for hydroxylation is 1. The van der Waals surface area contributed by atoms with Crippen LogP contribution in [0.4, 0.5) is 5.69 Å². The molecular weight excluding hydrogens is 318 g/mol. The van der Waals surface area contributed by atoms with Crippen molar-refractivity contribution in [2.24, 2.45) is 0 Å². The lowest BCUT2D eigenvalue weighted by Gasteiger charge is -2.10. The Bertz CT molecular complexity index is 898. The minimum Gasteiger partial charge on any atom is -0.495 e. The van der Waals surface area contributed by atoms with Gasteiger partial charge in [0.15, 0.2) is 0 Å². The van der Waals surface area contributed by atoms with Gasteiger partial charge in [0.25, 0.3) is 0 Å². The van der Waals surface area contributed by atoms with Crippen LogP contribution in [-0.4, -0.2) is 23.9 Å². The second-order valence-corrected chi connectivity index (χ2v) is 5.72. The lowest BCUT2D eigenvalue weighted by Crippen LogP contribution is -2.35. The molecule has 0 saturated carbocycles. The Morgan fingerprint density at radius 1 is 1.08 bits per heavy atom. The van der Waals surface area contributed by atoms with Crippen LogP contribution in [-0.2, 0) is 16.1 Å². The van der Waals surface area contributed by atoms with Gasteiger partial charge in [0.1, 0.15) is 5.75 Å². The summed E-state index contributed by atoms with van der Waals surface area (Å²) in [6, 6.07) is 15.1. The maximum absolute atomic E-state index is 12.1. The third-order valence-corrected chi connectivity index (χ3v) is 3.84. The first-order valence-corrected chi connectivity index (χ1v) is 7.87. The van der Waals surface area contributed by atoms with Crippen LogP contribution in [0.5, 0.6) is 5.75 Å². The molecule has 1 aromatic heterocycles. The van der Waals surface area contributed by atoms with Crippen molar-refractivity contribution in [3.8, 4) is 5.75 Å². The molecule has 0 saturated heterocycles. The normalized spacial score (nSPS) is 10.5. The summed E-state index contributed by atoms with van der Waals surface area (Å²) in [4.78, 5) is 27.3. The summed E-state index contributed by atoms with van der Waals surface area (Å²) in [7, 11) is 1.51. The number of methoxy groups -OCH3 is 1. The van der Waals surface area contributed by atoms with Crippen LogP contribution in [0.25, 0.3) is 10.9 Å². The third kappa shape index (κ3) is 3.80. The van der Waals surface area contributed by atoms with Crippen molar-refractivity contribution in [1.29, 1.82) is 0 Å². The predicted octanol–water partition coefficient (Wildman–Crippen LogP) is 2.74.